The number of benzene rings is 2. The van der Waals surface area contributed by atoms with Crippen molar-refractivity contribution in [1.29, 1.82) is 0 Å². The number of rotatable bonds is 6. The number of imidazole rings is 1. The molecule has 0 aliphatic carbocycles. The first kappa shape index (κ1) is 22.5. The zero-order valence-corrected chi connectivity index (χ0v) is 20.0. The van der Waals surface area contributed by atoms with Crippen molar-refractivity contribution in [2.45, 2.75) is 19.5 Å². The number of hydrogen-bond acceptors (Lipinski definition) is 6. The molecular weight excluding hydrogens is 446 g/mol. The average molecular weight is 474 g/mol. The standard InChI is InChI=1S/C26H27N5O4/c1-28-23-22(24(32)31(26(28)33)14-7-11-18-9-5-4-6-10-18)30-16-8-15-29(25(30)27-23)20-13-12-19(34-2)17-21(20)35-3/h4-7,9-13,17H,8,14-16H2,1-3H3/b11-7+. The van der Waals surface area contributed by atoms with Crippen LogP contribution in [0.15, 0.2) is 64.2 Å². The lowest BCUT2D eigenvalue weighted by atomic mass is 10.2. The highest BCUT2D eigenvalue weighted by Gasteiger charge is 2.28. The molecule has 180 valence electrons. The second-order valence-electron chi connectivity index (χ2n) is 8.35. The molecule has 2 aromatic heterocycles. The van der Waals surface area contributed by atoms with Crippen LogP contribution in [0.3, 0.4) is 0 Å². The number of hydrogen-bond donors (Lipinski definition) is 0. The van der Waals surface area contributed by atoms with E-state index in [0.717, 1.165) is 17.7 Å². The van der Waals surface area contributed by atoms with E-state index in [1.165, 1.54) is 9.13 Å². The highest BCUT2D eigenvalue weighted by Crippen LogP contribution is 2.38. The molecule has 1 aliphatic rings. The van der Waals surface area contributed by atoms with Crippen LogP contribution in [0, 0.1) is 0 Å². The Morgan fingerprint density at radius 3 is 2.57 bits per heavy atom. The van der Waals surface area contributed by atoms with E-state index in [2.05, 4.69) is 0 Å². The van der Waals surface area contributed by atoms with E-state index in [1.54, 1.807) is 21.3 Å². The Balaban J connectivity index is 1.61. The first-order valence-corrected chi connectivity index (χ1v) is 11.4. The molecule has 0 amide bonds. The molecule has 0 unspecified atom stereocenters. The van der Waals surface area contributed by atoms with Crippen LogP contribution < -0.4 is 25.6 Å². The van der Waals surface area contributed by atoms with Crippen molar-refractivity contribution in [3.63, 3.8) is 0 Å². The number of aromatic nitrogens is 4. The Morgan fingerprint density at radius 1 is 1.03 bits per heavy atom. The van der Waals surface area contributed by atoms with E-state index >= 15 is 0 Å². The molecular formula is C26H27N5O4. The zero-order chi connectivity index (χ0) is 24.5. The molecule has 9 heteroatoms. The molecule has 0 N–H and O–H groups in total. The third-order valence-electron chi connectivity index (χ3n) is 6.29. The molecule has 4 aromatic rings. The van der Waals surface area contributed by atoms with Crippen molar-refractivity contribution in [3.8, 4) is 11.5 Å². The first-order chi connectivity index (χ1) is 17.0. The number of anilines is 2. The van der Waals surface area contributed by atoms with Gasteiger partial charge in [-0.25, -0.2) is 4.79 Å². The fourth-order valence-electron chi connectivity index (χ4n) is 4.52. The minimum Gasteiger partial charge on any atom is -0.497 e. The number of allylic oxidation sites excluding steroid dienone is 1. The third kappa shape index (κ3) is 3.88. The van der Waals surface area contributed by atoms with Crippen LogP contribution in [0.5, 0.6) is 11.5 Å². The summed E-state index contributed by atoms with van der Waals surface area (Å²) in [7, 11) is 4.87. The number of fused-ring (bicyclic) bond motifs is 3. The van der Waals surface area contributed by atoms with Crippen molar-refractivity contribution in [3.05, 3.63) is 81.0 Å². The van der Waals surface area contributed by atoms with Crippen LogP contribution >= 0.6 is 0 Å². The molecule has 2 aromatic carbocycles. The van der Waals surface area contributed by atoms with E-state index in [4.69, 9.17) is 14.5 Å². The Hall–Kier alpha value is -4.27. The SMILES string of the molecule is COc1ccc(N2CCCn3c2nc2c3c(=O)n(C/C=C/c3ccccc3)c(=O)n2C)c(OC)c1. The van der Waals surface area contributed by atoms with Crippen molar-refractivity contribution in [1.82, 2.24) is 18.7 Å². The molecule has 3 heterocycles. The van der Waals surface area contributed by atoms with Gasteiger partial charge >= 0.3 is 5.69 Å². The van der Waals surface area contributed by atoms with E-state index in [1.807, 2.05) is 70.1 Å². The summed E-state index contributed by atoms with van der Waals surface area (Å²) in [5, 5.41) is 0. The molecule has 0 radical (unpaired) electrons. The lowest BCUT2D eigenvalue weighted by Crippen LogP contribution is -2.39. The maximum Gasteiger partial charge on any atom is 0.332 e. The summed E-state index contributed by atoms with van der Waals surface area (Å²) in [4.78, 5) is 33.4. The van der Waals surface area contributed by atoms with Gasteiger partial charge in [0.2, 0.25) is 5.95 Å². The molecule has 35 heavy (non-hydrogen) atoms. The Labute approximate surface area is 202 Å². The predicted molar refractivity (Wildman–Crippen MR) is 136 cm³/mol. The van der Waals surface area contributed by atoms with Gasteiger partial charge in [-0.3, -0.25) is 13.9 Å². The summed E-state index contributed by atoms with van der Waals surface area (Å²) >= 11 is 0. The maximum absolute atomic E-state index is 13.5. The summed E-state index contributed by atoms with van der Waals surface area (Å²) in [6.07, 6.45) is 4.54. The van der Waals surface area contributed by atoms with Crippen LogP contribution in [0.2, 0.25) is 0 Å². The summed E-state index contributed by atoms with van der Waals surface area (Å²) in [5.41, 5.74) is 1.88. The normalized spacial score (nSPS) is 13.4. The lowest BCUT2D eigenvalue weighted by molar-refractivity contribution is 0.394. The Bertz CT molecular complexity index is 1530. The molecule has 0 fully saturated rings. The van der Waals surface area contributed by atoms with Crippen LogP contribution in [0.4, 0.5) is 11.6 Å². The van der Waals surface area contributed by atoms with Crippen LogP contribution in [0.25, 0.3) is 17.2 Å². The van der Waals surface area contributed by atoms with E-state index in [0.29, 0.717) is 41.7 Å². The summed E-state index contributed by atoms with van der Waals surface area (Å²) in [5.74, 6) is 1.94. The second kappa shape index (κ2) is 9.17. The average Bonchev–Trinajstić information content (AvgIpc) is 3.30. The monoisotopic (exact) mass is 473 g/mol. The highest BCUT2D eigenvalue weighted by molar-refractivity contribution is 5.78. The smallest absolute Gasteiger partial charge is 0.332 e. The summed E-state index contributed by atoms with van der Waals surface area (Å²) in [6, 6.07) is 15.4. The third-order valence-corrected chi connectivity index (χ3v) is 6.29. The van der Waals surface area contributed by atoms with Crippen LogP contribution in [-0.4, -0.2) is 39.4 Å². The van der Waals surface area contributed by atoms with Gasteiger partial charge in [-0.15, -0.1) is 0 Å². The molecule has 9 nitrogen and oxygen atoms in total. The molecule has 0 atom stereocenters. The van der Waals surface area contributed by atoms with E-state index in [-0.39, 0.29) is 12.1 Å². The number of nitrogens with zero attached hydrogens (tertiary/aromatic N) is 5. The van der Waals surface area contributed by atoms with E-state index in [9.17, 15) is 9.59 Å². The second-order valence-corrected chi connectivity index (χ2v) is 8.35. The van der Waals surface area contributed by atoms with Crippen molar-refractivity contribution in [2.24, 2.45) is 7.05 Å². The first-order valence-electron chi connectivity index (χ1n) is 11.4. The van der Waals surface area contributed by atoms with Crippen LogP contribution in [0.1, 0.15) is 12.0 Å². The number of methoxy groups -OCH3 is 2. The minimum absolute atomic E-state index is 0.173. The molecule has 5 rings (SSSR count). The quantitative estimate of drug-likeness (QED) is 0.428. The number of ether oxygens (including phenoxy) is 2. The van der Waals surface area contributed by atoms with Gasteiger partial charge in [0, 0.05) is 32.7 Å². The van der Waals surface area contributed by atoms with Gasteiger partial charge in [-0.05, 0) is 24.1 Å². The molecule has 1 aliphatic heterocycles. The molecule has 0 saturated heterocycles. The number of aryl methyl sites for hydroxylation is 2. The van der Waals surface area contributed by atoms with Gasteiger partial charge < -0.3 is 18.9 Å². The zero-order valence-electron chi connectivity index (χ0n) is 20.0. The van der Waals surface area contributed by atoms with Crippen molar-refractivity contribution in [2.75, 3.05) is 25.7 Å². The maximum atomic E-state index is 13.5. The largest absolute Gasteiger partial charge is 0.497 e. The molecule has 0 saturated carbocycles. The topological polar surface area (TPSA) is 83.5 Å². The molecule has 0 bridgehead atoms. The fourth-order valence-corrected chi connectivity index (χ4v) is 4.52. The van der Waals surface area contributed by atoms with Gasteiger partial charge in [0.25, 0.3) is 5.56 Å². The predicted octanol–water partition coefficient (Wildman–Crippen LogP) is 3.17. The van der Waals surface area contributed by atoms with Crippen LogP contribution in [-0.2, 0) is 20.1 Å². The van der Waals surface area contributed by atoms with Gasteiger partial charge in [0.1, 0.15) is 11.5 Å². The van der Waals surface area contributed by atoms with Crippen molar-refractivity contribution < 1.29 is 9.47 Å². The van der Waals surface area contributed by atoms with Gasteiger partial charge in [-0.2, -0.15) is 4.98 Å². The fraction of sp³-hybridized carbons (Fsp3) is 0.269. The lowest BCUT2D eigenvalue weighted by Gasteiger charge is -2.30. The summed E-state index contributed by atoms with van der Waals surface area (Å²) in [6.45, 7) is 1.51. The van der Waals surface area contributed by atoms with Crippen molar-refractivity contribution >= 4 is 28.9 Å². The van der Waals surface area contributed by atoms with Gasteiger partial charge in [0.05, 0.1) is 19.9 Å². The van der Waals surface area contributed by atoms with Gasteiger partial charge in [-0.1, -0.05) is 42.5 Å². The molecule has 0 spiro atoms. The van der Waals surface area contributed by atoms with Gasteiger partial charge in [0.15, 0.2) is 11.2 Å². The highest BCUT2D eigenvalue weighted by atomic mass is 16.5. The van der Waals surface area contributed by atoms with E-state index < -0.39 is 5.69 Å². The summed E-state index contributed by atoms with van der Waals surface area (Å²) < 4.78 is 15.5. The Kier molecular flexibility index (Phi) is 5.90. The minimum atomic E-state index is -0.399. The Morgan fingerprint density at radius 2 is 1.83 bits per heavy atom.